The van der Waals surface area contributed by atoms with Gasteiger partial charge in [0.2, 0.25) is 5.91 Å². The molecule has 0 atom stereocenters. The number of hydrogen-bond donors (Lipinski definition) is 2. The number of rotatable bonds is 5. The van der Waals surface area contributed by atoms with Crippen molar-refractivity contribution < 1.29 is 22.8 Å². The van der Waals surface area contributed by atoms with Gasteiger partial charge in [-0.3, -0.25) is 9.59 Å². The summed E-state index contributed by atoms with van der Waals surface area (Å²) >= 11 is 5.59. The molecule has 0 fully saturated rings. The maximum absolute atomic E-state index is 13.6. The Bertz CT molecular complexity index is 784. The Morgan fingerprint density at radius 2 is 1.83 bits per heavy atom. The average molecular weight is 357 g/mol. The van der Waals surface area contributed by atoms with Gasteiger partial charge in [-0.25, -0.2) is 13.2 Å². The van der Waals surface area contributed by atoms with Gasteiger partial charge in [0.25, 0.3) is 5.91 Å². The van der Waals surface area contributed by atoms with Gasteiger partial charge in [-0.15, -0.1) is 0 Å². The second-order valence-electron chi connectivity index (χ2n) is 4.78. The van der Waals surface area contributed by atoms with Crippen LogP contribution in [-0.4, -0.2) is 18.4 Å². The third-order valence-corrected chi connectivity index (χ3v) is 3.33. The molecule has 2 aromatic rings. The van der Waals surface area contributed by atoms with Crippen LogP contribution in [0.25, 0.3) is 0 Å². The van der Waals surface area contributed by atoms with Crippen LogP contribution in [0.5, 0.6) is 0 Å². The second-order valence-corrected chi connectivity index (χ2v) is 5.19. The van der Waals surface area contributed by atoms with E-state index >= 15 is 0 Å². The maximum Gasteiger partial charge on any atom is 0.254 e. The zero-order chi connectivity index (χ0) is 17.7. The van der Waals surface area contributed by atoms with Gasteiger partial charge in [-0.2, -0.15) is 0 Å². The lowest BCUT2D eigenvalue weighted by Crippen LogP contribution is -2.28. The highest BCUT2D eigenvalue weighted by Gasteiger charge is 2.13. The minimum absolute atomic E-state index is 0.0802. The normalized spacial score (nSPS) is 10.3. The number of anilines is 1. The molecule has 2 rings (SSSR count). The first-order valence-electron chi connectivity index (χ1n) is 6.85. The fourth-order valence-electron chi connectivity index (χ4n) is 1.87. The minimum atomic E-state index is -1.00. The zero-order valence-corrected chi connectivity index (χ0v) is 13.0. The molecule has 0 bridgehead atoms. The topological polar surface area (TPSA) is 58.2 Å². The number of carbonyl (C=O) groups excluding carboxylic acids is 2. The van der Waals surface area contributed by atoms with Crippen LogP contribution in [0.1, 0.15) is 16.8 Å². The SMILES string of the molecule is O=C(CCNC(=O)c1ccc(F)cc1F)Nc1cccc(Cl)c1F. The van der Waals surface area contributed by atoms with E-state index in [1.807, 2.05) is 0 Å². The third-order valence-electron chi connectivity index (χ3n) is 3.04. The Hall–Kier alpha value is -2.54. The van der Waals surface area contributed by atoms with Gasteiger partial charge in [0.15, 0.2) is 5.82 Å². The van der Waals surface area contributed by atoms with Crippen molar-refractivity contribution in [3.8, 4) is 0 Å². The Balaban J connectivity index is 1.86. The van der Waals surface area contributed by atoms with Crippen molar-refractivity contribution in [3.63, 3.8) is 0 Å². The first kappa shape index (κ1) is 17.8. The predicted octanol–water partition coefficient (Wildman–Crippen LogP) is 3.52. The summed E-state index contributed by atoms with van der Waals surface area (Å²) < 4.78 is 39.8. The van der Waals surface area contributed by atoms with Crippen LogP contribution in [0.4, 0.5) is 18.9 Å². The molecule has 24 heavy (non-hydrogen) atoms. The number of halogens is 4. The predicted molar refractivity (Wildman–Crippen MR) is 83.3 cm³/mol. The van der Waals surface area contributed by atoms with E-state index in [0.29, 0.717) is 6.07 Å². The average Bonchev–Trinajstić information content (AvgIpc) is 2.51. The van der Waals surface area contributed by atoms with Gasteiger partial charge in [-0.1, -0.05) is 17.7 Å². The summed E-state index contributed by atoms with van der Waals surface area (Å²) in [5.74, 6) is -3.90. The Kier molecular flexibility index (Phi) is 5.81. The zero-order valence-electron chi connectivity index (χ0n) is 12.2. The molecule has 0 spiro atoms. The lowest BCUT2D eigenvalue weighted by molar-refractivity contribution is -0.116. The summed E-state index contributed by atoms with van der Waals surface area (Å²) in [6, 6.07) is 6.69. The highest BCUT2D eigenvalue weighted by Crippen LogP contribution is 2.21. The van der Waals surface area contributed by atoms with Crippen LogP contribution in [0.2, 0.25) is 5.02 Å². The van der Waals surface area contributed by atoms with E-state index in [2.05, 4.69) is 10.6 Å². The molecule has 0 aliphatic rings. The number of benzene rings is 2. The van der Waals surface area contributed by atoms with E-state index in [-0.39, 0.29) is 29.2 Å². The molecular formula is C16H12ClF3N2O2. The number of carbonyl (C=O) groups is 2. The van der Waals surface area contributed by atoms with E-state index < -0.39 is 29.3 Å². The molecule has 0 aliphatic carbocycles. The lowest BCUT2D eigenvalue weighted by Gasteiger charge is -2.08. The smallest absolute Gasteiger partial charge is 0.254 e. The van der Waals surface area contributed by atoms with E-state index in [1.165, 1.54) is 18.2 Å². The summed E-state index contributed by atoms with van der Waals surface area (Å²) in [7, 11) is 0. The third kappa shape index (κ3) is 4.48. The van der Waals surface area contributed by atoms with E-state index in [9.17, 15) is 22.8 Å². The monoisotopic (exact) mass is 356 g/mol. The molecule has 0 aliphatic heterocycles. The number of nitrogens with one attached hydrogen (secondary N) is 2. The lowest BCUT2D eigenvalue weighted by atomic mass is 10.2. The van der Waals surface area contributed by atoms with Crippen LogP contribution in [0, 0.1) is 17.5 Å². The Morgan fingerprint density at radius 1 is 1.08 bits per heavy atom. The molecule has 2 amide bonds. The quantitative estimate of drug-likeness (QED) is 0.861. The van der Waals surface area contributed by atoms with Gasteiger partial charge in [-0.05, 0) is 24.3 Å². The first-order chi connectivity index (χ1) is 11.4. The maximum atomic E-state index is 13.6. The molecule has 0 aromatic heterocycles. The number of amides is 2. The summed E-state index contributed by atoms with van der Waals surface area (Å²) in [4.78, 5) is 23.4. The largest absolute Gasteiger partial charge is 0.351 e. The van der Waals surface area contributed by atoms with Gasteiger partial charge in [0, 0.05) is 19.0 Å². The molecule has 4 nitrogen and oxygen atoms in total. The van der Waals surface area contributed by atoms with Gasteiger partial charge in [0.1, 0.15) is 11.6 Å². The highest BCUT2D eigenvalue weighted by atomic mass is 35.5. The van der Waals surface area contributed by atoms with Crippen molar-refractivity contribution in [1.82, 2.24) is 5.32 Å². The van der Waals surface area contributed by atoms with Crippen LogP contribution < -0.4 is 10.6 Å². The fourth-order valence-corrected chi connectivity index (χ4v) is 2.05. The van der Waals surface area contributed by atoms with Gasteiger partial charge >= 0.3 is 0 Å². The van der Waals surface area contributed by atoms with E-state index in [1.54, 1.807) is 0 Å². The van der Waals surface area contributed by atoms with Gasteiger partial charge < -0.3 is 10.6 Å². The highest BCUT2D eigenvalue weighted by molar-refractivity contribution is 6.31. The van der Waals surface area contributed by atoms with Crippen LogP contribution in [-0.2, 0) is 4.79 Å². The van der Waals surface area contributed by atoms with Crippen molar-refractivity contribution in [2.24, 2.45) is 0 Å². The van der Waals surface area contributed by atoms with Crippen molar-refractivity contribution >= 4 is 29.1 Å². The Morgan fingerprint density at radius 3 is 2.54 bits per heavy atom. The molecule has 0 saturated carbocycles. The molecule has 2 N–H and O–H groups in total. The minimum Gasteiger partial charge on any atom is -0.351 e. The van der Waals surface area contributed by atoms with Crippen LogP contribution >= 0.6 is 11.6 Å². The molecular weight excluding hydrogens is 345 g/mol. The van der Waals surface area contributed by atoms with Crippen LogP contribution in [0.15, 0.2) is 36.4 Å². The van der Waals surface area contributed by atoms with E-state index in [4.69, 9.17) is 11.6 Å². The van der Waals surface area contributed by atoms with Crippen molar-refractivity contribution in [3.05, 3.63) is 64.4 Å². The second kappa shape index (κ2) is 7.83. The summed E-state index contributed by atoms with van der Waals surface area (Å²) in [5.41, 5.74) is -0.416. The molecule has 8 heteroatoms. The summed E-state index contributed by atoms with van der Waals surface area (Å²) in [6.07, 6.45) is -0.166. The summed E-state index contributed by atoms with van der Waals surface area (Å²) in [6.45, 7) is -0.107. The Labute approximate surface area is 140 Å². The number of hydrogen-bond acceptors (Lipinski definition) is 2. The van der Waals surface area contributed by atoms with Crippen molar-refractivity contribution in [2.75, 3.05) is 11.9 Å². The molecule has 0 saturated heterocycles. The standard InChI is InChI=1S/C16H12ClF3N2O2/c17-11-2-1-3-13(15(11)20)22-14(23)6-7-21-16(24)10-5-4-9(18)8-12(10)19/h1-5,8H,6-7H2,(H,21,24)(H,22,23). The molecule has 126 valence electrons. The van der Waals surface area contributed by atoms with Crippen LogP contribution in [0.3, 0.4) is 0 Å². The van der Waals surface area contributed by atoms with E-state index in [0.717, 1.165) is 12.1 Å². The first-order valence-corrected chi connectivity index (χ1v) is 7.23. The summed E-state index contributed by atoms with van der Waals surface area (Å²) in [5, 5.41) is 4.50. The van der Waals surface area contributed by atoms with Gasteiger partial charge in [0.05, 0.1) is 16.3 Å². The van der Waals surface area contributed by atoms with Crippen molar-refractivity contribution in [2.45, 2.75) is 6.42 Å². The fraction of sp³-hybridized carbons (Fsp3) is 0.125. The van der Waals surface area contributed by atoms with Crippen molar-refractivity contribution in [1.29, 1.82) is 0 Å². The molecule has 0 heterocycles. The molecule has 2 aromatic carbocycles. The molecule has 0 unspecified atom stereocenters. The molecule has 0 radical (unpaired) electrons.